The zero-order valence-electron chi connectivity index (χ0n) is 7.49. The van der Waals surface area contributed by atoms with Gasteiger partial charge in [0.05, 0.1) is 5.92 Å². The van der Waals surface area contributed by atoms with Gasteiger partial charge < -0.3 is 4.74 Å². The molecule has 66 valence electrons. The van der Waals surface area contributed by atoms with E-state index >= 15 is 0 Å². The van der Waals surface area contributed by atoms with Gasteiger partial charge in [0.15, 0.2) is 0 Å². The van der Waals surface area contributed by atoms with Crippen LogP contribution in [-0.4, -0.2) is 12.1 Å². The number of esters is 1. The van der Waals surface area contributed by atoms with Crippen LogP contribution in [-0.2, 0) is 9.53 Å². The maximum absolute atomic E-state index is 11.4. The first-order valence-corrected chi connectivity index (χ1v) is 4.90. The van der Waals surface area contributed by atoms with Crippen molar-refractivity contribution in [2.24, 2.45) is 29.6 Å². The van der Waals surface area contributed by atoms with Crippen molar-refractivity contribution in [3.8, 4) is 0 Å². The second kappa shape index (κ2) is 1.86. The predicted octanol–water partition coefficient (Wildman–Crippen LogP) is 1.45. The lowest BCUT2D eigenvalue weighted by Gasteiger charge is -2.26. The molecule has 6 atom stereocenters. The van der Waals surface area contributed by atoms with Crippen LogP contribution in [0.15, 0.2) is 0 Å². The summed E-state index contributed by atoms with van der Waals surface area (Å²) in [6.45, 7) is 4.45. The summed E-state index contributed by atoms with van der Waals surface area (Å²) in [6.07, 6.45) is 1.52. The van der Waals surface area contributed by atoms with Crippen LogP contribution >= 0.6 is 0 Å². The van der Waals surface area contributed by atoms with E-state index in [0.717, 1.165) is 5.92 Å². The molecule has 1 heterocycles. The van der Waals surface area contributed by atoms with Gasteiger partial charge in [-0.05, 0) is 24.2 Å². The summed E-state index contributed by atoms with van der Waals surface area (Å²) in [5, 5.41) is 0. The van der Waals surface area contributed by atoms with Gasteiger partial charge in [-0.3, -0.25) is 4.79 Å². The highest BCUT2D eigenvalue weighted by Crippen LogP contribution is 2.59. The molecule has 0 N–H and O–H groups in total. The molecule has 1 saturated heterocycles. The Labute approximate surface area is 72.3 Å². The van der Waals surface area contributed by atoms with E-state index in [1.54, 1.807) is 0 Å². The lowest BCUT2D eigenvalue weighted by Crippen LogP contribution is -2.30. The highest BCUT2D eigenvalue weighted by atomic mass is 16.6. The van der Waals surface area contributed by atoms with Gasteiger partial charge in [0, 0.05) is 5.92 Å². The smallest absolute Gasteiger partial charge is 0.309 e. The number of carbonyl (C=O) groups is 1. The average molecular weight is 166 g/mol. The largest absolute Gasteiger partial charge is 0.462 e. The molecule has 0 radical (unpaired) electrons. The van der Waals surface area contributed by atoms with E-state index < -0.39 is 0 Å². The van der Waals surface area contributed by atoms with Crippen molar-refractivity contribution < 1.29 is 9.53 Å². The number of hydrogen-bond acceptors (Lipinski definition) is 2. The number of hydrogen-bond donors (Lipinski definition) is 0. The maximum Gasteiger partial charge on any atom is 0.309 e. The lowest BCUT2D eigenvalue weighted by molar-refractivity contribution is -0.144. The first kappa shape index (κ1) is 6.93. The van der Waals surface area contributed by atoms with Gasteiger partial charge >= 0.3 is 5.97 Å². The van der Waals surface area contributed by atoms with Gasteiger partial charge in [0.25, 0.3) is 0 Å². The summed E-state index contributed by atoms with van der Waals surface area (Å²) >= 11 is 0. The molecule has 2 saturated carbocycles. The molecule has 2 aliphatic carbocycles. The minimum atomic E-state index is 0.0874. The normalized spacial score (nSPS) is 61.0. The van der Waals surface area contributed by atoms with Crippen molar-refractivity contribution in [2.45, 2.75) is 26.4 Å². The number of rotatable bonds is 0. The Morgan fingerprint density at radius 2 is 2.00 bits per heavy atom. The Bertz CT molecular complexity index is 248. The Balaban J connectivity index is 2.06. The van der Waals surface area contributed by atoms with Crippen molar-refractivity contribution in [2.75, 3.05) is 0 Å². The third-order valence-corrected chi connectivity index (χ3v) is 4.39. The highest BCUT2D eigenvalue weighted by Gasteiger charge is 2.63. The highest BCUT2D eigenvalue weighted by molar-refractivity contribution is 5.77. The van der Waals surface area contributed by atoms with E-state index in [-0.39, 0.29) is 18.0 Å². The van der Waals surface area contributed by atoms with Crippen LogP contribution < -0.4 is 0 Å². The van der Waals surface area contributed by atoms with Gasteiger partial charge in [0.1, 0.15) is 6.10 Å². The van der Waals surface area contributed by atoms with Crippen molar-refractivity contribution in [3.05, 3.63) is 0 Å². The summed E-state index contributed by atoms with van der Waals surface area (Å²) < 4.78 is 5.38. The van der Waals surface area contributed by atoms with Crippen LogP contribution in [0.3, 0.4) is 0 Å². The van der Waals surface area contributed by atoms with Gasteiger partial charge in [-0.1, -0.05) is 13.8 Å². The van der Waals surface area contributed by atoms with Crippen LogP contribution in [0.5, 0.6) is 0 Å². The Morgan fingerprint density at radius 3 is 2.67 bits per heavy atom. The number of ether oxygens (including phenoxy) is 1. The fourth-order valence-electron chi connectivity index (χ4n) is 3.79. The Kier molecular flexibility index (Phi) is 1.07. The summed E-state index contributed by atoms with van der Waals surface area (Å²) in [4.78, 5) is 11.4. The van der Waals surface area contributed by atoms with Crippen molar-refractivity contribution >= 4 is 5.97 Å². The Morgan fingerprint density at radius 1 is 1.25 bits per heavy atom. The summed E-state index contributed by atoms with van der Waals surface area (Å²) in [5.74, 6) is 2.88. The number of fused-ring (bicyclic) bond motifs is 1. The van der Waals surface area contributed by atoms with E-state index in [0.29, 0.717) is 17.8 Å². The lowest BCUT2D eigenvalue weighted by atomic mass is 9.76. The molecule has 2 bridgehead atoms. The second-order valence-electron chi connectivity index (χ2n) is 4.71. The second-order valence-corrected chi connectivity index (χ2v) is 4.71. The molecule has 12 heavy (non-hydrogen) atoms. The molecule has 0 amide bonds. The maximum atomic E-state index is 11.4. The number of carbonyl (C=O) groups excluding carboxylic acids is 1. The zero-order chi connectivity index (χ0) is 8.46. The monoisotopic (exact) mass is 166 g/mol. The quantitative estimate of drug-likeness (QED) is 0.509. The van der Waals surface area contributed by atoms with Crippen LogP contribution in [0.1, 0.15) is 20.3 Å². The molecule has 0 aromatic rings. The van der Waals surface area contributed by atoms with Gasteiger partial charge in [-0.15, -0.1) is 0 Å². The van der Waals surface area contributed by atoms with E-state index in [4.69, 9.17) is 4.74 Å². The molecule has 2 nitrogen and oxygen atoms in total. The van der Waals surface area contributed by atoms with Crippen molar-refractivity contribution in [3.63, 3.8) is 0 Å². The third-order valence-electron chi connectivity index (χ3n) is 4.39. The summed E-state index contributed by atoms with van der Waals surface area (Å²) in [6, 6.07) is 0. The molecule has 3 fully saturated rings. The molecule has 3 aliphatic rings. The molecule has 3 rings (SSSR count). The molecule has 0 spiro atoms. The van der Waals surface area contributed by atoms with E-state index in [1.165, 1.54) is 6.42 Å². The molecular formula is C10H14O2. The predicted molar refractivity (Wildman–Crippen MR) is 43.3 cm³/mol. The van der Waals surface area contributed by atoms with Crippen molar-refractivity contribution in [1.29, 1.82) is 0 Å². The minimum absolute atomic E-state index is 0.0874. The fraction of sp³-hybridized carbons (Fsp3) is 0.900. The minimum Gasteiger partial charge on any atom is -0.462 e. The van der Waals surface area contributed by atoms with Crippen LogP contribution in [0.4, 0.5) is 0 Å². The first-order chi connectivity index (χ1) is 5.70. The SMILES string of the molecule is C[C@@H]1C2C(=O)OC3C2CC1[C@H]3C. The topological polar surface area (TPSA) is 26.3 Å². The fourth-order valence-corrected chi connectivity index (χ4v) is 3.79. The average Bonchev–Trinajstić information content (AvgIpc) is 2.56. The van der Waals surface area contributed by atoms with Crippen LogP contribution in [0.25, 0.3) is 0 Å². The van der Waals surface area contributed by atoms with Crippen LogP contribution in [0, 0.1) is 29.6 Å². The van der Waals surface area contributed by atoms with E-state index in [2.05, 4.69) is 13.8 Å². The summed E-state index contributed by atoms with van der Waals surface area (Å²) in [5.41, 5.74) is 0. The first-order valence-electron chi connectivity index (χ1n) is 4.90. The zero-order valence-corrected chi connectivity index (χ0v) is 7.49. The summed E-state index contributed by atoms with van der Waals surface area (Å²) in [7, 11) is 0. The molecule has 0 aromatic carbocycles. The van der Waals surface area contributed by atoms with E-state index in [1.807, 2.05) is 0 Å². The van der Waals surface area contributed by atoms with E-state index in [9.17, 15) is 4.79 Å². The standard InChI is InChI=1S/C10H14O2/c1-4-6-3-7-8(4)10(11)12-9(7)5(6)2/h4-9H,3H2,1-2H3/t4-,5+,6?,7?,8?,9?/m0/s1. The van der Waals surface area contributed by atoms with Gasteiger partial charge in [-0.2, -0.15) is 0 Å². The molecule has 4 unspecified atom stereocenters. The third kappa shape index (κ3) is 0.540. The van der Waals surface area contributed by atoms with Crippen LogP contribution in [0.2, 0.25) is 0 Å². The van der Waals surface area contributed by atoms with Gasteiger partial charge in [0.2, 0.25) is 0 Å². The molecular weight excluding hydrogens is 152 g/mol. The molecule has 0 aromatic heterocycles. The Hall–Kier alpha value is -0.530. The van der Waals surface area contributed by atoms with Gasteiger partial charge in [-0.25, -0.2) is 0 Å². The van der Waals surface area contributed by atoms with Crippen molar-refractivity contribution in [1.82, 2.24) is 0 Å². The molecule has 1 aliphatic heterocycles. The molecule has 2 heteroatoms.